The van der Waals surface area contributed by atoms with Gasteiger partial charge in [0, 0.05) is 24.9 Å². The Balaban J connectivity index is 2.03. The molecule has 0 radical (unpaired) electrons. The molecule has 0 spiro atoms. The highest BCUT2D eigenvalue weighted by Gasteiger charge is 2.26. The lowest BCUT2D eigenvalue weighted by Gasteiger charge is -2.13. The molecule has 0 saturated heterocycles. The van der Waals surface area contributed by atoms with Crippen LogP contribution in [0.15, 0.2) is 36.7 Å². The number of hydrogen-bond donors (Lipinski definition) is 3. The molecule has 2 heterocycles. The van der Waals surface area contributed by atoms with Crippen LogP contribution in [0.25, 0.3) is 16.9 Å². The number of hydrogen-bond acceptors (Lipinski definition) is 4. The molecular weight excluding hydrogens is 399 g/mol. The molecule has 0 fully saturated rings. The van der Waals surface area contributed by atoms with Crippen LogP contribution in [-0.2, 0) is 6.42 Å². The highest BCUT2D eigenvalue weighted by Crippen LogP contribution is 2.28. The average Bonchev–Trinajstić information content (AvgIpc) is 3.09. The minimum absolute atomic E-state index is 0.00149. The van der Waals surface area contributed by atoms with Gasteiger partial charge in [-0.15, -0.1) is 0 Å². The molecule has 3 aromatic rings. The van der Waals surface area contributed by atoms with Crippen molar-refractivity contribution in [3.05, 3.63) is 53.3 Å². The van der Waals surface area contributed by atoms with Gasteiger partial charge in [-0.05, 0) is 49.1 Å². The Bertz CT molecular complexity index is 1060. The summed E-state index contributed by atoms with van der Waals surface area (Å²) >= 11 is 0. The smallest absolute Gasteiger partial charge is 0.390 e. The minimum Gasteiger partial charge on any atom is -0.478 e. The number of alkyl halides is 3. The lowest BCUT2D eigenvalue weighted by Crippen LogP contribution is -2.15. The van der Waals surface area contributed by atoms with Gasteiger partial charge in [0.1, 0.15) is 0 Å². The molecule has 3 rings (SSSR count). The van der Waals surface area contributed by atoms with Crippen LogP contribution in [0.5, 0.6) is 0 Å². The van der Waals surface area contributed by atoms with E-state index in [0.29, 0.717) is 35.4 Å². The van der Waals surface area contributed by atoms with Gasteiger partial charge in [0.25, 0.3) is 0 Å². The van der Waals surface area contributed by atoms with Crippen LogP contribution in [0.4, 0.5) is 18.9 Å². The number of pyridine rings is 1. The van der Waals surface area contributed by atoms with Crippen molar-refractivity contribution in [1.29, 1.82) is 0 Å². The molecule has 0 bridgehead atoms. The van der Waals surface area contributed by atoms with Crippen LogP contribution < -0.4 is 5.32 Å². The fourth-order valence-electron chi connectivity index (χ4n) is 3.31. The molecule has 1 aromatic carbocycles. The number of anilines is 1. The summed E-state index contributed by atoms with van der Waals surface area (Å²) in [5, 5.41) is 21.2. The Morgan fingerprint density at radius 2 is 2.03 bits per heavy atom. The van der Waals surface area contributed by atoms with E-state index >= 15 is 0 Å². The van der Waals surface area contributed by atoms with Crippen molar-refractivity contribution in [2.24, 2.45) is 0 Å². The fraction of sp³-hybridized carbons (Fsp3) is 0.333. The quantitative estimate of drug-likeness (QED) is 0.505. The van der Waals surface area contributed by atoms with Gasteiger partial charge in [-0.3, -0.25) is 4.40 Å². The van der Waals surface area contributed by atoms with E-state index in [2.05, 4.69) is 10.3 Å². The molecule has 160 valence electrons. The zero-order chi connectivity index (χ0) is 21.9. The number of benzene rings is 1. The Morgan fingerprint density at radius 3 is 2.67 bits per heavy atom. The van der Waals surface area contributed by atoms with Crippen molar-refractivity contribution in [2.45, 2.75) is 32.4 Å². The maximum atomic E-state index is 12.5. The van der Waals surface area contributed by atoms with Gasteiger partial charge in [0.15, 0.2) is 5.65 Å². The molecule has 0 atom stereocenters. The zero-order valence-corrected chi connectivity index (χ0v) is 16.3. The Hall–Kier alpha value is -3.07. The second-order valence-corrected chi connectivity index (χ2v) is 7.05. The summed E-state index contributed by atoms with van der Waals surface area (Å²) < 4.78 is 39.4. The number of aryl methyl sites for hydroxylation is 2. The van der Waals surface area contributed by atoms with Crippen LogP contribution in [0.2, 0.25) is 0 Å². The van der Waals surface area contributed by atoms with Gasteiger partial charge in [-0.1, -0.05) is 6.07 Å². The third-order valence-corrected chi connectivity index (χ3v) is 4.76. The van der Waals surface area contributed by atoms with Crippen molar-refractivity contribution < 1.29 is 28.2 Å². The number of nitrogens with zero attached hydrogens (tertiary/aromatic N) is 2. The second-order valence-electron chi connectivity index (χ2n) is 7.05. The highest BCUT2D eigenvalue weighted by atomic mass is 19.4. The van der Waals surface area contributed by atoms with Gasteiger partial charge < -0.3 is 15.5 Å². The van der Waals surface area contributed by atoms with E-state index in [1.807, 2.05) is 6.20 Å². The molecule has 0 unspecified atom stereocenters. The Labute approximate surface area is 171 Å². The van der Waals surface area contributed by atoms with E-state index in [9.17, 15) is 23.1 Å². The number of halogens is 3. The summed E-state index contributed by atoms with van der Waals surface area (Å²) in [5.74, 6) is -1.01. The first-order chi connectivity index (χ1) is 14.2. The molecule has 6 nitrogen and oxygen atoms in total. The van der Waals surface area contributed by atoms with Crippen LogP contribution >= 0.6 is 0 Å². The number of fused-ring (bicyclic) bond motifs is 1. The first kappa shape index (κ1) is 21.6. The predicted molar refractivity (Wildman–Crippen MR) is 107 cm³/mol. The van der Waals surface area contributed by atoms with Crippen molar-refractivity contribution in [3.8, 4) is 11.3 Å². The van der Waals surface area contributed by atoms with Crippen molar-refractivity contribution in [2.75, 3.05) is 18.5 Å². The van der Waals surface area contributed by atoms with Crippen molar-refractivity contribution >= 4 is 17.3 Å². The maximum absolute atomic E-state index is 12.5. The molecule has 3 N–H and O–H groups in total. The standard InChI is InChI=1S/C21H22F3N3O3/c1-13-9-15(4-5-16(13)20(29)30)18-11-26-19-17(25-7-6-21(22,23)24)10-14(3-2-8-28)12-27(18)19/h4-5,9-12,25,28H,2-3,6-8H2,1H3,(H,29,30). The summed E-state index contributed by atoms with van der Waals surface area (Å²) in [7, 11) is 0. The van der Waals surface area contributed by atoms with Gasteiger partial charge >= 0.3 is 12.1 Å². The maximum Gasteiger partial charge on any atom is 0.390 e. The van der Waals surface area contributed by atoms with E-state index < -0.39 is 18.6 Å². The van der Waals surface area contributed by atoms with Gasteiger partial charge in [0.2, 0.25) is 0 Å². The van der Waals surface area contributed by atoms with Gasteiger partial charge in [-0.25, -0.2) is 9.78 Å². The lowest BCUT2D eigenvalue weighted by atomic mass is 10.0. The summed E-state index contributed by atoms with van der Waals surface area (Å²) in [6.45, 7) is 1.42. The van der Waals surface area contributed by atoms with Gasteiger partial charge in [-0.2, -0.15) is 13.2 Å². The molecule has 9 heteroatoms. The number of nitrogens with one attached hydrogen (secondary N) is 1. The monoisotopic (exact) mass is 421 g/mol. The number of aromatic carboxylic acids is 1. The molecule has 30 heavy (non-hydrogen) atoms. The van der Waals surface area contributed by atoms with E-state index in [0.717, 1.165) is 11.1 Å². The number of aliphatic hydroxyl groups is 1. The van der Waals surface area contributed by atoms with E-state index in [-0.39, 0.29) is 18.7 Å². The molecule has 0 aliphatic carbocycles. The number of carboxylic acids is 1. The number of aromatic nitrogens is 2. The number of aliphatic hydroxyl groups excluding tert-OH is 1. The third-order valence-electron chi connectivity index (χ3n) is 4.76. The van der Waals surface area contributed by atoms with Gasteiger partial charge in [0.05, 0.1) is 29.6 Å². The molecule has 0 amide bonds. The minimum atomic E-state index is -4.26. The molecule has 0 saturated carbocycles. The molecule has 0 aliphatic rings. The predicted octanol–water partition coefficient (Wildman–Crippen LogP) is 4.30. The summed E-state index contributed by atoms with van der Waals surface area (Å²) in [6.07, 6.45) is -0.720. The average molecular weight is 421 g/mol. The first-order valence-electron chi connectivity index (χ1n) is 9.45. The lowest BCUT2D eigenvalue weighted by molar-refractivity contribution is -0.131. The first-order valence-corrected chi connectivity index (χ1v) is 9.45. The fourth-order valence-corrected chi connectivity index (χ4v) is 3.31. The normalized spacial score (nSPS) is 11.8. The van der Waals surface area contributed by atoms with E-state index in [4.69, 9.17) is 5.11 Å². The van der Waals surface area contributed by atoms with Crippen molar-refractivity contribution in [1.82, 2.24) is 9.38 Å². The number of carboxylic acid groups (broad SMARTS) is 1. The topological polar surface area (TPSA) is 86.9 Å². The number of rotatable bonds is 8. The molecular formula is C21H22F3N3O3. The van der Waals surface area contributed by atoms with Crippen molar-refractivity contribution in [3.63, 3.8) is 0 Å². The number of carbonyl (C=O) groups is 1. The SMILES string of the molecule is Cc1cc(-c2cnc3c(NCCC(F)(F)F)cc(CCCO)cn23)ccc1C(=O)O. The van der Waals surface area contributed by atoms with E-state index in [1.54, 1.807) is 35.7 Å². The summed E-state index contributed by atoms with van der Waals surface area (Å²) in [4.78, 5) is 15.6. The summed E-state index contributed by atoms with van der Waals surface area (Å²) in [5.41, 5.74) is 4.00. The van der Waals surface area contributed by atoms with Crippen LogP contribution in [0, 0.1) is 6.92 Å². The van der Waals surface area contributed by atoms with E-state index in [1.165, 1.54) is 6.07 Å². The third kappa shape index (κ3) is 4.91. The Morgan fingerprint density at radius 1 is 1.27 bits per heavy atom. The highest BCUT2D eigenvalue weighted by molar-refractivity contribution is 5.90. The molecule has 2 aromatic heterocycles. The largest absolute Gasteiger partial charge is 0.478 e. The van der Waals surface area contributed by atoms with Crippen LogP contribution in [0.3, 0.4) is 0 Å². The second kappa shape index (κ2) is 8.74. The Kier molecular flexibility index (Phi) is 6.31. The summed E-state index contributed by atoms with van der Waals surface area (Å²) in [6, 6.07) is 6.68. The van der Waals surface area contributed by atoms with Crippen LogP contribution in [-0.4, -0.2) is 44.9 Å². The molecule has 0 aliphatic heterocycles. The number of imidazole rings is 1. The van der Waals surface area contributed by atoms with Crippen LogP contribution in [0.1, 0.15) is 34.3 Å². The zero-order valence-electron chi connectivity index (χ0n) is 16.3.